The average molecular weight is 426 g/mol. The Kier molecular flexibility index (Phi) is 6.94. The van der Waals surface area contributed by atoms with Gasteiger partial charge in [-0.25, -0.2) is 4.79 Å². The molecule has 7 heteroatoms. The fraction of sp³-hybridized carbons (Fsp3) is 0.0455. The zero-order chi connectivity index (χ0) is 20.6. The van der Waals surface area contributed by atoms with Gasteiger partial charge in [0.2, 0.25) is 5.91 Å². The summed E-state index contributed by atoms with van der Waals surface area (Å²) in [4.78, 5) is 37.7. The van der Waals surface area contributed by atoms with E-state index in [1.165, 1.54) is 23.5 Å². The van der Waals surface area contributed by atoms with Gasteiger partial charge < -0.3 is 10.1 Å². The molecule has 5 nitrogen and oxygen atoms in total. The summed E-state index contributed by atoms with van der Waals surface area (Å²) in [5.74, 6) is -1.43. The molecule has 3 aromatic rings. The van der Waals surface area contributed by atoms with Crippen LogP contribution in [0.2, 0.25) is 5.02 Å². The number of hydrogen-bond donors (Lipinski definition) is 1. The van der Waals surface area contributed by atoms with Gasteiger partial charge in [-0.1, -0.05) is 29.8 Å². The van der Waals surface area contributed by atoms with E-state index in [9.17, 15) is 14.4 Å². The smallest absolute Gasteiger partial charge is 0.340 e. The first-order chi connectivity index (χ1) is 14.0. The van der Waals surface area contributed by atoms with Gasteiger partial charge in [-0.2, -0.15) is 0 Å². The molecule has 0 unspecified atom stereocenters. The maximum Gasteiger partial charge on any atom is 0.340 e. The maximum atomic E-state index is 12.4. The number of benzene rings is 2. The number of rotatable bonds is 7. The lowest BCUT2D eigenvalue weighted by Crippen LogP contribution is -2.17. The van der Waals surface area contributed by atoms with E-state index in [-0.39, 0.29) is 17.3 Å². The molecule has 0 bridgehead atoms. The van der Waals surface area contributed by atoms with E-state index in [2.05, 4.69) is 5.32 Å². The summed E-state index contributed by atoms with van der Waals surface area (Å²) in [5, 5.41) is 5.08. The van der Waals surface area contributed by atoms with Crippen LogP contribution in [0.25, 0.3) is 6.08 Å². The van der Waals surface area contributed by atoms with Gasteiger partial charge in [-0.3, -0.25) is 9.59 Å². The zero-order valence-electron chi connectivity index (χ0n) is 15.1. The van der Waals surface area contributed by atoms with E-state index in [1.807, 2.05) is 17.5 Å². The second kappa shape index (κ2) is 9.82. The van der Waals surface area contributed by atoms with Gasteiger partial charge in [-0.05, 0) is 53.9 Å². The number of Topliss-reactive ketones (excluding diaryl/α,β-unsaturated/α-hetero) is 1. The van der Waals surface area contributed by atoms with E-state index in [0.29, 0.717) is 16.3 Å². The predicted octanol–water partition coefficient (Wildman–Crippen LogP) is 5.09. The summed E-state index contributed by atoms with van der Waals surface area (Å²) in [6.07, 6.45) is 3.07. The monoisotopic (exact) mass is 425 g/mol. The maximum absolute atomic E-state index is 12.4. The van der Waals surface area contributed by atoms with Crippen molar-refractivity contribution in [1.29, 1.82) is 0 Å². The van der Waals surface area contributed by atoms with E-state index in [0.717, 1.165) is 4.88 Å². The molecule has 1 aromatic heterocycles. The molecule has 0 aliphatic rings. The van der Waals surface area contributed by atoms with Crippen LogP contribution in [-0.4, -0.2) is 24.3 Å². The second-order valence-corrected chi connectivity index (χ2v) is 7.31. The normalized spacial score (nSPS) is 10.7. The van der Waals surface area contributed by atoms with Crippen molar-refractivity contribution in [2.24, 2.45) is 0 Å². The summed E-state index contributed by atoms with van der Waals surface area (Å²) in [6, 6.07) is 16.5. The molecule has 0 atom stereocenters. The Bertz CT molecular complexity index is 1040. The minimum atomic E-state index is -0.703. The van der Waals surface area contributed by atoms with Crippen LogP contribution in [0.5, 0.6) is 0 Å². The first-order valence-corrected chi connectivity index (χ1v) is 9.86. The quantitative estimate of drug-likeness (QED) is 0.325. The lowest BCUT2D eigenvalue weighted by atomic mass is 10.1. The van der Waals surface area contributed by atoms with Crippen molar-refractivity contribution >= 4 is 52.4 Å². The van der Waals surface area contributed by atoms with Crippen LogP contribution in [0.4, 0.5) is 5.69 Å². The molecule has 0 aliphatic carbocycles. The number of thiophene rings is 1. The van der Waals surface area contributed by atoms with Crippen molar-refractivity contribution < 1.29 is 19.1 Å². The average Bonchev–Trinajstić information content (AvgIpc) is 3.25. The molecule has 2 aromatic carbocycles. The number of ether oxygens (including phenoxy) is 1. The third-order valence-electron chi connectivity index (χ3n) is 3.85. The van der Waals surface area contributed by atoms with Crippen molar-refractivity contribution in [1.82, 2.24) is 0 Å². The molecule has 1 amide bonds. The molecule has 0 saturated carbocycles. The topological polar surface area (TPSA) is 72.5 Å². The first kappa shape index (κ1) is 20.5. The minimum absolute atomic E-state index is 0.161. The fourth-order valence-electron chi connectivity index (χ4n) is 2.42. The molecule has 0 saturated heterocycles. The SMILES string of the molecule is O=C(C=Cc1cccs1)Nc1ccccc1C(=O)OCC(=O)c1ccc(Cl)cc1. The highest BCUT2D eigenvalue weighted by atomic mass is 35.5. The van der Waals surface area contributed by atoms with Gasteiger partial charge in [0.25, 0.3) is 0 Å². The molecule has 29 heavy (non-hydrogen) atoms. The summed E-state index contributed by atoms with van der Waals surface area (Å²) < 4.78 is 5.13. The second-order valence-electron chi connectivity index (χ2n) is 5.89. The third-order valence-corrected chi connectivity index (χ3v) is 4.94. The van der Waals surface area contributed by atoms with Gasteiger partial charge in [0.15, 0.2) is 12.4 Å². The number of hydrogen-bond acceptors (Lipinski definition) is 5. The highest BCUT2D eigenvalue weighted by Gasteiger charge is 2.16. The van der Waals surface area contributed by atoms with Crippen molar-refractivity contribution in [2.45, 2.75) is 0 Å². The van der Waals surface area contributed by atoms with E-state index < -0.39 is 12.6 Å². The number of nitrogens with one attached hydrogen (secondary N) is 1. The number of carbonyl (C=O) groups is 3. The van der Waals surface area contributed by atoms with Crippen molar-refractivity contribution in [3.63, 3.8) is 0 Å². The fourth-order valence-corrected chi connectivity index (χ4v) is 3.16. The van der Waals surface area contributed by atoms with E-state index in [1.54, 1.807) is 48.5 Å². The van der Waals surface area contributed by atoms with Gasteiger partial charge >= 0.3 is 5.97 Å². The van der Waals surface area contributed by atoms with E-state index >= 15 is 0 Å². The van der Waals surface area contributed by atoms with Crippen LogP contribution in [0.1, 0.15) is 25.6 Å². The summed E-state index contributed by atoms with van der Waals surface area (Å²) in [6.45, 7) is -0.416. The molecule has 146 valence electrons. The highest BCUT2D eigenvalue weighted by molar-refractivity contribution is 7.10. The predicted molar refractivity (Wildman–Crippen MR) is 114 cm³/mol. The number of esters is 1. The Labute approximate surface area is 176 Å². The summed E-state index contributed by atoms with van der Waals surface area (Å²) >= 11 is 7.31. The number of carbonyl (C=O) groups excluding carboxylic acids is 3. The number of ketones is 1. The number of para-hydroxylation sites is 1. The largest absolute Gasteiger partial charge is 0.454 e. The van der Waals surface area contributed by atoms with Crippen molar-refractivity contribution in [3.05, 3.63) is 93.1 Å². The Morgan fingerprint density at radius 1 is 1.00 bits per heavy atom. The summed E-state index contributed by atoms with van der Waals surface area (Å²) in [7, 11) is 0. The molecule has 3 rings (SSSR count). The Morgan fingerprint density at radius 3 is 2.48 bits per heavy atom. The molecular formula is C22H16ClNO4S. The number of anilines is 1. The highest BCUT2D eigenvalue weighted by Crippen LogP contribution is 2.17. The van der Waals surface area contributed by atoms with Crippen LogP contribution in [0, 0.1) is 0 Å². The molecule has 1 heterocycles. The number of halogens is 1. The van der Waals surface area contributed by atoms with Crippen LogP contribution >= 0.6 is 22.9 Å². The Hall–Kier alpha value is -3.22. The molecule has 0 radical (unpaired) electrons. The molecule has 0 spiro atoms. The van der Waals surface area contributed by atoms with Gasteiger partial charge in [0, 0.05) is 21.5 Å². The van der Waals surface area contributed by atoms with Crippen LogP contribution in [0.15, 0.2) is 72.1 Å². The van der Waals surface area contributed by atoms with E-state index in [4.69, 9.17) is 16.3 Å². The lowest BCUT2D eigenvalue weighted by Gasteiger charge is -2.09. The lowest BCUT2D eigenvalue weighted by molar-refractivity contribution is -0.111. The van der Waals surface area contributed by atoms with Crippen molar-refractivity contribution in [3.8, 4) is 0 Å². The molecule has 1 N–H and O–H groups in total. The van der Waals surface area contributed by atoms with Gasteiger partial charge in [0.1, 0.15) is 0 Å². The molecule has 0 fully saturated rings. The Morgan fingerprint density at radius 2 is 1.76 bits per heavy atom. The number of amides is 1. The first-order valence-electron chi connectivity index (χ1n) is 8.60. The van der Waals surface area contributed by atoms with Crippen LogP contribution in [-0.2, 0) is 9.53 Å². The minimum Gasteiger partial charge on any atom is -0.454 e. The van der Waals surface area contributed by atoms with Crippen LogP contribution in [0.3, 0.4) is 0 Å². The summed E-state index contributed by atoms with van der Waals surface area (Å²) in [5.41, 5.74) is 0.856. The van der Waals surface area contributed by atoms with Crippen molar-refractivity contribution in [2.75, 3.05) is 11.9 Å². The molecule has 0 aliphatic heterocycles. The van der Waals surface area contributed by atoms with Gasteiger partial charge in [0.05, 0.1) is 11.3 Å². The van der Waals surface area contributed by atoms with Crippen LogP contribution < -0.4 is 5.32 Å². The van der Waals surface area contributed by atoms with Gasteiger partial charge in [-0.15, -0.1) is 11.3 Å². The standard InChI is InChI=1S/C22H16ClNO4S/c23-16-9-7-15(8-10-16)20(25)14-28-22(27)18-5-1-2-6-19(18)24-21(26)12-11-17-4-3-13-29-17/h1-13H,14H2,(H,24,26). The third kappa shape index (κ3) is 5.88. The Balaban J connectivity index is 1.63. The molecular weight excluding hydrogens is 410 g/mol. The zero-order valence-corrected chi connectivity index (χ0v) is 16.7.